The summed E-state index contributed by atoms with van der Waals surface area (Å²) in [5.41, 5.74) is 0. The number of alkyl halides is 1. The maximum absolute atomic E-state index is 12.2. The fourth-order valence-electron chi connectivity index (χ4n) is 3.91. The van der Waals surface area contributed by atoms with Gasteiger partial charge < -0.3 is 5.32 Å². The Morgan fingerprint density at radius 2 is 1.53 bits per heavy atom. The number of carbonyl (C=O) groups excluding carboxylic acids is 1. The molecule has 4 atom stereocenters. The average Bonchev–Trinajstić information content (AvgIpc) is 3.06. The van der Waals surface area contributed by atoms with Crippen LogP contribution in [0, 0.1) is 17.8 Å². The largest absolute Gasteiger partial charge is 0.352 e. The van der Waals surface area contributed by atoms with E-state index in [4.69, 9.17) is 11.6 Å². The van der Waals surface area contributed by atoms with Gasteiger partial charge in [-0.15, -0.1) is 11.6 Å². The molecule has 1 amide bonds. The van der Waals surface area contributed by atoms with Crippen LogP contribution in [0.1, 0.15) is 51.4 Å². The lowest BCUT2D eigenvalue weighted by molar-refractivity contribution is -0.123. The molecule has 0 aliphatic heterocycles. The van der Waals surface area contributed by atoms with Gasteiger partial charge >= 0.3 is 0 Å². The van der Waals surface area contributed by atoms with Crippen LogP contribution in [0.25, 0.3) is 0 Å². The van der Waals surface area contributed by atoms with E-state index >= 15 is 0 Å². The van der Waals surface area contributed by atoms with Crippen LogP contribution in [-0.2, 0) is 4.79 Å². The number of hydrogen-bond acceptors (Lipinski definition) is 1. The molecule has 3 heteroatoms. The van der Waals surface area contributed by atoms with Gasteiger partial charge in [0.25, 0.3) is 0 Å². The van der Waals surface area contributed by atoms with Crippen LogP contribution in [-0.4, -0.2) is 17.3 Å². The highest BCUT2D eigenvalue weighted by Gasteiger charge is 2.54. The summed E-state index contributed by atoms with van der Waals surface area (Å²) < 4.78 is 0. The van der Waals surface area contributed by atoms with E-state index in [1.54, 1.807) is 0 Å². The molecule has 0 aromatic carbocycles. The number of rotatable bonds is 2. The van der Waals surface area contributed by atoms with Gasteiger partial charge in [0.15, 0.2) is 0 Å². The molecule has 3 saturated carbocycles. The summed E-state index contributed by atoms with van der Waals surface area (Å²) in [6.07, 6.45) is 9.77. The molecule has 0 aromatic heterocycles. The second kappa shape index (κ2) is 4.79. The van der Waals surface area contributed by atoms with Crippen LogP contribution in [0.15, 0.2) is 0 Å². The van der Waals surface area contributed by atoms with Crippen molar-refractivity contribution in [1.82, 2.24) is 5.32 Å². The summed E-state index contributed by atoms with van der Waals surface area (Å²) in [7, 11) is 0. The van der Waals surface area contributed by atoms with Crippen LogP contribution < -0.4 is 5.32 Å². The second-order valence-corrected chi connectivity index (χ2v) is 6.61. The van der Waals surface area contributed by atoms with Gasteiger partial charge in [0.05, 0.1) is 5.38 Å². The first-order valence-corrected chi connectivity index (χ1v) is 7.65. The highest BCUT2D eigenvalue weighted by molar-refractivity contribution is 6.21. The Labute approximate surface area is 108 Å². The van der Waals surface area contributed by atoms with Crippen LogP contribution >= 0.6 is 11.6 Å². The van der Waals surface area contributed by atoms with E-state index in [0.717, 1.165) is 12.8 Å². The number of hydrogen-bond donors (Lipinski definition) is 1. The molecule has 3 fully saturated rings. The number of halogens is 1. The quantitative estimate of drug-likeness (QED) is 0.755. The zero-order valence-electron chi connectivity index (χ0n) is 10.3. The number of fused-ring (bicyclic) bond motifs is 1. The SMILES string of the molecule is O=C(NC1CCCCC1Cl)C1C2CCCCC21. The molecule has 4 unspecified atom stereocenters. The number of amides is 1. The maximum atomic E-state index is 12.2. The highest BCUT2D eigenvalue weighted by Crippen LogP contribution is 2.55. The molecule has 3 rings (SSSR count). The van der Waals surface area contributed by atoms with Gasteiger partial charge in [0.1, 0.15) is 0 Å². The Balaban J connectivity index is 1.53. The molecule has 0 bridgehead atoms. The van der Waals surface area contributed by atoms with Gasteiger partial charge in [-0.2, -0.15) is 0 Å². The fraction of sp³-hybridized carbons (Fsp3) is 0.929. The summed E-state index contributed by atoms with van der Waals surface area (Å²) in [6, 6.07) is 0.237. The molecule has 0 heterocycles. The minimum atomic E-state index is 0.161. The Hall–Kier alpha value is -0.240. The van der Waals surface area contributed by atoms with Crippen molar-refractivity contribution in [2.24, 2.45) is 17.8 Å². The van der Waals surface area contributed by atoms with E-state index in [9.17, 15) is 4.79 Å². The highest BCUT2D eigenvalue weighted by atomic mass is 35.5. The zero-order chi connectivity index (χ0) is 11.8. The minimum absolute atomic E-state index is 0.161. The van der Waals surface area contributed by atoms with Crippen molar-refractivity contribution < 1.29 is 4.79 Å². The predicted molar refractivity (Wildman–Crippen MR) is 69.0 cm³/mol. The van der Waals surface area contributed by atoms with Crippen molar-refractivity contribution >= 4 is 17.5 Å². The molecule has 96 valence electrons. The van der Waals surface area contributed by atoms with E-state index in [-0.39, 0.29) is 11.4 Å². The normalized spacial score (nSPS) is 44.9. The summed E-state index contributed by atoms with van der Waals surface area (Å²) >= 11 is 6.29. The number of nitrogens with one attached hydrogen (secondary N) is 1. The van der Waals surface area contributed by atoms with Crippen molar-refractivity contribution in [3.05, 3.63) is 0 Å². The average molecular weight is 256 g/mol. The lowest BCUT2D eigenvalue weighted by Gasteiger charge is -2.28. The van der Waals surface area contributed by atoms with Crippen molar-refractivity contribution in [3.63, 3.8) is 0 Å². The van der Waals surface area contributed by atoms with Crippen LogP contribution in [0.4, 0.5) is 0 Å². The summed E-state index contributed by atoms with van der Waals surface area (Å²) in [5.74, 6) is 2.06. The fourth-order valence-corrected chi connectivity index (χ4v) is 4.25. The predicted octanol–water partition coefficient (Wildman–Crippen LogP) is 3.09. The van der Waals surface area contributed by atoms with Gasteiger partial charge in [0, 0.05) is 12.0 Å². The Morgan fingerprint density at radius 1 is 0.941 bits per heavy atom. The van der Waals surface area contributed by atoms with E-state index < -0.39 is 0 Å². The molecular weight excluding hydrogens is 234 g/mol. The van der Waals surface area contributed by atoms with E-state index in [1.165, 1.54) is 38.5 Å². The Bertz CT molecular complexity index is 295. The molecule has 17 heavy (non-hydrogen) atoms. The molecule has 1 N–H and O–H groups in total. The van der Waals surface area contributed by atoms with Crippen LogP contribution in [0.2, 0.25) is 0 Å². The molecule has 0 spiro atoms. The van der Waals surface area contributed by atoms with Gasteiger partial charge in [-0.05, 0) is 37.5 Å². The first-order valence-electron chi connectivity index (χ1n) is 7.22. The standard InChI is InChI=1S/C14H22ClNO/c15-11-7-3-4-8-12(11)16-14(17)13-9-5-1-2-6-10(9)13/h9-13H,1-8H2,(H,16,17). The minimum Gasteiger partial charge on any atom is -0.352 e. The third kappa shape index (κ3) is 2.33. The van der Waals surface area contributed by atoms with E-state index in [2.05, 4.69) is 5.32 Å². The molecule has 0 saturated heterocycles. The van der Waals surface area contributed by atoms with Gasteiger partial charge in [-0.25, -0.2) is 0 Å². The lowest BCUT2D eigenvalue weighted by atomic mass is 9.94. The lowest BCUT2D eigenvalue weighted by Crippen LogP contribution is -2.43. The van der Waals surface area contributed by atoms with Gasteiger partial charge in [0.2, 0.25) is 5.91 Å². The van der Waals surface area contributed by atoms with Gasteiger partial charge in [-0.1, -0.05) is 25.7 Å². The Kier molecular flexibility index (Phi) is 3.34. The molecule has 3 aliphatic carbocycles. The smallest absolute Gasteiger partial charge is 0.223 e. The van der Waals surface area contributed by atoms with Crippen molar-refractivity contribution in [1.29, 1.82) is 0 Å². The van der Waals surface area contributed by atoms with Crippen molar-refractivity contribution in [2.45, 2.75) is 62.8 Å². The summed E-state index contributed by atoms with van der Waals surface area (Å²) in [6.45, 7) is 0. The maximum Gasteiger partial charge on any atom is 0.223 e. The first kappa shape index (κ1) is 11.8. The Morgan fingerprint density at radius 3 is 2.18 bits per heavy atom. The number of carbonyl (C=O) groups is 1. The first-order chi connectivity index (χ1) is 8.27. The van der Waals surface area contributed by atoms with Gasteiger partial charge in [-0.3, -0.25) is 4.79 Å². The molecular formula is C14H22ClNO. The molecule has 0 radical (unpaired) electrons. The third-order valence-corrected chi connectivity index (χ3v) is 5.49. The van der Waals surface area contributed by atoms with Crippen molar-refractivity contribution in [3.8, 4) is 0 Å². The topological polar surface area (TPSA) is 29.1 Å². The van der Waals surface area contributed by atoms with Crippen LogP contribution in [0.3, 0.4) is 0 Å². The molecule has 0 aromatic rings. The van der Waals surface area contributed by atoms with E-state index in [0.29, 0.717) is 23.7 Å². The molecule has 3 aliphatic rings. The monoisotopic (exact) mass is 255 g/mol. The second-order valence-electron chi connectivity index (χ2n) is 6.05. The van der Waals surface area contributed by atoms with E-state index in [1.807, 2.05) is 0 Å². The summed E-state index contributed by atoms with van der Waals surface area (Å²) in [4.78, 5) is 12.2. The summed E-state index contributed by atoms with van der Waals surface area (Å²) in [5, 5.41) is 3.38. The zero-order valence-corrected chi connectivity index (χ0v) is 11.1. The van der Waals surface area contributed by atoms with Crippen LogP contribution in [0.5, 0.6) is 0 Å². The van der Waals surface area contributed by atoms with Crippen molar-refractivity contribution in [2.75, 3.05) is 0 Å². The third-order valence-electron chi connectivity index (χ3n) is 4.97. The molecule has 2 nitrogen and oxygen atoms in total.